The molecule has 0 fully saturated rings. The maximum atomic E-state index is 13.5. The summed E-state index contributed by atoms with van der Waals surface area (Å²) in [4.78, 5) is 62.5. The number of nitrogens with two attached hydrogens (primary N) is 1. The molecule has 1 unspecified atom stereocenters. The van der Waals surface area contributed by atoms with Gasteiger partial charge in [-0.3, -0.25) is 24.0 Å². The minimum absolute atomic E-state index is 0.00974. The number of alkyl halides is 1. The molecular weight excluding hydrogens is 620 g/mol. The molecule has 1 aliphatic heterocycles. The molecule has 1 aromatic carbocycles. The molecule has 236 valence electrons. The van der Waals surface area contributed by atoms with E-state index in [4.69, 9.17) is 17.3 Å². The van der Waals surface area contributed by atoms with E-state index in [1.165, 1.54) is 12.1 Å². The van der Waals surface area contributed by atoms with Crippen LogP contribution in [-0.4, -0.2) is 69.0 Å². The lowest BCUT2D eigenvalue weighted by Crippen LogP contribution is -2.50. The van der Waals surface area contributed by atoms with Crippen molar-refractivity contribution in [2.24, 2.45) is 19.8 Å². The maximum Gasteiger partial charge on any atom is 0.312 e. The van der Waals surface area contributed by atoms with Crippen molar-refractivity contribution in [3.63, 3.8) is 0 Å². The summed E-state index contributed by atoms with van der Waals surface area (Å²) < 4.78 is 2.83. The van der Waals surface area contributed by atoms with Crippen molar-refractivity contribution >= 4 is 70.3 Å². The molecule has 1 aliphatic rings. The Hall–Kier alpha value is -4.79. The number of primary amides is 1. The van der Waals surface area contributed by atoms with Crippen LogP contribution in [0.15, 0.2) is 71.7 Å². The smallest absolute Gasteiger partial charge is 0.312 e. The number of nitrogens with zero attached hydrogens (tertiary/aromatic N) is 3. The Morgan fingerprint density at radius 3 is 2.13 bits per heavy atom. The van der Waals surface area contributed by atoms with E-state index in [-0.39, 0.29) is 34.6 Å². The molecule has 4 rings (SSSR count). The summed E-state index contributed by atoms with van der Waals surface area (Å²) in [5, 5.41) is 8.17. The van der Waals surface area contributed by atoms with Crippen molar-refractivity contribution in [3.8, 4) is 0 Å². The predicted molar refractivity (Wildman–Crippen MR) is 173 cm³/mol. The van der Waals surface area contributed by atoms with Crippen LogP contribution in [0.1, 0.15) is 33.0 Å². The molecule has 3 heterocycles. The van der Waals surface area contributed by atoms with Gasteiger partial charge < -0.3 is 30.8 Å². The molecule has 15 heteroatoms. The number of aryl methyl sites for hydroxylation is 2. The zero-order valence-corrected chi connectivity index (χ0v) is 26.5. The summed E-state index contributed by atoms with van der Waals surface area (Å²) in [7, 11) is 4.98. The monoisotopic (exact) mass is 653 g/mol. The highest BCUT2D eigenvalue weighted by Crippen LogP contribution is 2.32. The largest absolute Gasteiger partial charge is 0.370 e. The second-order valence-corrected chi connectivity index (χ2v) is 11.9. The van der Waals surface area contributed by atoms with Crippen LogP contribution >= 0.6 is 23.4 Å². The number of carbonyl (C=O) groups excluding carboxylic acids is 5. The van der Waals surface area contributed by atoms with E-state index in [2.05, 4.69) is 21.4 Å². The fourth-order valence-corrected chi connectivity index (χ4v) is 5.59. The van der Waals surface area contributed by atoms with Crippen LogP contribution in [0, 0.1) is 0 Å². The van der Waals surface area contributed by atoms with E-state index >= 15 is 0 Å². The van der Waals surface area contributed by atoms with Crippen LogP contribution in [0.5, 0.6) is 0 Å². The van der Waals surface area contributed by atoms with Crippen LogP contribution in [0.4, 0.5) is 11.4 Å². The summed E-state index contributed by atoms with van der Waals surface area (Å²) in [5.74, 6) is -0.546. The Balaban J connectivity index is 1.46. The van der Waals surface area contributed by atoms with Gasteiger partial charge in [-0.1, -0.05) is 12.1 Å². The van der Waals surface area contributed by atoms with Gasteiger partial charge in [-0.05, 0) is 29.8 Å². The van der Waals surface area contributed by atoms with E-state index in [1.54, 1.807) is 66.7 Å². The molecule has 0 spiro atoms. The topological polar surface area (TPSA) is 169 Å². The molecule has 0 radical (unpaired) electrons. The molecule has 5 amide bonds. The van der Waals surface area contributed by atoms with Gasteiger partial charge in [0.2, 0.25) is 11.6 Å². The Bertz CT molecular complexity index is 1690. The number of carbonyl (C=O) groups is 5. The lowest BCUT2D eigenvalue weighted by Gasteiger charge is -2.25. The molecule has 0 saturated heterocycles. The molecule has 0 saturated carbocycles. The van der Waals surface area contributed by atoms with E-state index in [0.717, 1.165) is 21.8 Å². The van der Waals surface area contributed by atoms with Gasteiger partial charge in [0.15, 0.2) is 0 Å². The number of hydrogen-bond donors (Lipinski definition) is 5. The summed E-state index contributed by atoms with van der Waals surface area (Å²) >= 11 is 7.43. The van der Waals surface area contributed by atoms with Crippen LogP contribution in [0.3, 0.4) is 0 Å². The van der Waals surface area contributed by atoms with Crippen molar-refractivity contribution < 1.29 is 28.6 Å². The van der Waals surface area contributed by atoms with Crippen molar-refractivity contribution in [2.75, 3.05) is 35.9 Å². The van der Waals surface area contributed by atoms with Crippen LogP contribution in [0.2, 0.25) is 0 Å². The molecule has 0 aliphatic carbocycles. The highest BCUT2D eigenvalue weighted by molar-refractivity contribution is 7.99. The van der Waals surface area contributed by atoms with Crippen molar-refractivity contribution in [3.05, 3.63) is 83.7 Å². The summed E-state index contributed by atoms with van der Waals surface area (Å²) in [5.41, 5.74) is 10.9. The highest BCUT2D eigenvalue weighted by atomic mass is 35.5. The SMILES string of the molecule is Cn1cc(NC(=O)c2cc(NC(=O)C3=CC(c4ccc(SCCCl)cc4)=C[N+]3(C)NC=O)cn2C)cc1C(=O)NCCC(N)=O. The van der Waals surface area contributed by atoms with Gasteiger partial charge in [0, 0.05) is 67.6 Å². The van der Waals surface area contributed by atoms with Gasteiger partial charge in [-0.25, -0.2) is 0 Å². The van der Waals surface area contributed by atoms with Gasteiger partial charge in [0.05, 0.1) is 11.4 Å². The van der Waals surface area contributed by atoms with E-state index in [0.29, 0.717) is 23.7 Å². The zero-order chi connectivity index (χ0) is 32.7. The number of aromatic nitrogens is 2. The maximum absolute atomic E-state index is 13.5. The van der Waals surface area contributed by atoms with Gasteiger partial charge in [0.25, 0.3) is 18.2 Å². The first-order valence-electron chi connectivity index (χ1n) is 13.8. The molecular formula is C30H34ClN8O5S+. The number of thioether (sulfide) groups is 1. The average Bonchev–Trinajstić information content (AvgIpc) is 3.66. The highest BCUT2D eigenvalue weighted by Gasteiger charge is 2.38. The first-order chi connectivity index (χ1) is 21.4. The summed E-state index contributed by atoms with van der Waals surface area (Å²) in [6.07, 6.45) is 7.18. The Kier molecular flexibility index (Phi) is 10.5. The molecule has 3 aromatic rings. The number of allylic oxidation sites excluding steroid dienone is 2. The number of rotatable bonds is 14. The first-order valence-corrected chi connectivity index (χ1v) is 15.3. The molecule has 0 bridgehead atoms. The molecule has 1 atom stereocenters. The lowest BCUT2D eigenvalue weighted by atomic mass is 10.1. The van der Waals surface area contributed by atoms with Crippen molar-refractivity contribution in [1.29, 1.82) is 0 Å². The van der Waals surface area contributed by atoms with Crippen molar-refractivity contribution in [1.82, 2.24) is 19.9 Å². The number of benzene rings is 1. The number of halogens is 1. The lowest BCUT2D eigenvalue weighted by molar-refractivity contribution is -0.849. The second kappa shape index (κ2) is 14.3. The Morgan fingerprint density at radius 2 is 1.56 bits per heavy atom. The van der Waals surface area contributed by atoms with Gasteiger partial charge >= 0.3 is 5.91 Å². The number of nitrogens with one attached hydrogen (secondary N) is 4. The zero-order valence-electron chi connectivity index (χ0n) is 24.9. The normalized spacial score (nSPS) is 15.6. The predicted octanol–water partition coefficient (Wildman–Crippen LogP) is 2.54. The third kappa shape index (κ3) is 8.03. The van der Waals surface area contributed by atoms with Gasteiger partial charge in [-0.2, -0.15) is 10.0 Å². The van der Waals surface area contributed by atoms with Crippen LogP contribution < -0.4 is 27.1 Å². The standard InChI is InChI=1S/C30H33ClN8O5S/c1-37-15-21(13-24(37)28(42)33-10-8-27(32)41)35-29(43)25-14-22(16-38(25)2)36-30(44)26-12-20(17-39(26,3)34-18-40)19-4-6-23(7-5-19)45-11-9-31/h4-7,12-18H,8-11H2,1-3H3,(H5-,32,33,34,35,36,40,41,42,43,44)/p+1. The Morgan fingerprint density at radius 1 is 0.956 bits per heavy atom. The van der Waals surface area contributed by atoms with E-state index < -0.39 is 23.6 Å². The van der Waals surface area contributed by atoms with Crippen LogP contribution in [-0.2, 0) is 28.5 Å². The number of hydrogen-bond acceptors (Lipinski definition) is 6. The third-order valence-electron chi connectivity index (χ3n) is 6.92. The van der Waals surface area contributed by atoms with Gasteiger partial charge in [0.1, 0.15) is 24.6 Å². The second-order valence-electron chi connectivity index (χ2n) is 10.3. The summed E-state index contributed by atoms with van der Waals surface area (Å²) in [6.45, 7) is 0.0954. The third-order valence-corrected chi connectivity index (χ3v) is 8.35. The Labute approximate surface area is 269 Å². The number of amides is 5. The average molecular weight is 654 g/mol. The fraction of sp³-hybridized carbons (Fsp3) is 0.233. The number of anilines is 2. The summed E-state index contributed by atoms with van der Waals surface area (Å²) in [6, 6.07) is 10.9. The van der Waals surface area contributed by atoms with Gasteiger partial charge in [-0.15, -0.1) is 23.4 Å². The quantitative estimate of drug-likeness (QED) is 0.0775. The van der Waals surface area contributed by atoms with E-state index in [1.807, 2.05) is 24.3 Å². The number of quaternary nitrogens is 1. The molecule has 13 nitrogen and oxygen atoms in total. The molecule has 45 heavy (non-hydrogen) atoms. The van der Waals surface area contributed by atoms with E-state index in [9.17, 15) is 24.0 Å². The first kappa shape index (κ1) is 33.1. The van der Waals surface area contributed by atoms with Crippen LogP contribution in [0.25, 0.3) is 5.57 Å². The fourth-order valence-electron chi connectivity index (χ4n) is 4.71. The van der Waals surface area contributed by atoms with Crippen molar-refractivity contribution in [2.45, 2.75) is 11.3 Å². The minimum Gasteiger partial charge on any atom is -0.370 e. The molecule has 2 aromatic heterocycles. The molecule has 6 N–H and O–H groups in total. The minimum atomic E-state index is -0.528. The number of likely N-dealkylation sites (N-methyl/N-ethyl adjacent to an activating group) is 1.